The van der Waals surface area contributed by atoms with Crippen LogP contribution in [0.4, 0.5) is 8.78 Å². The molecule has 5 aliphatic rings. The van der Waals surface area contributed by atoms with E-state index in [1.807, 2.05) is 0 Å². The molecule has 0 radical (unpaired) electrons. The number of likely N-dealkylation sites (tertiary alicyclic amines) is 1. The number of halogens is 2. The minimum atomic E-state index is -2.10. The molecule has 6 rings (SSSR count). The third kappa shape index (κ3) is 13.6. The summed E-state index contributed by atoms with van der Waals surface area (Å²) in [4.78, 5) is 137. The first kappa shape index (κ1) is 56.6. The van der Waals surface area contributed by atoms with Crippen LogP contribution in [0.2, 0.25) is 0 Å². The average Bonchev–Trinajstić information content (AvgIpc) is 4.07. The van der Waals surface area contributed by atoms with E-state index < -0.39 is 138 Å². The minimum absolute atomic E-state index is 0.0167. The van der Waals surface area contributed by atoms with E-state index in [0.29, 0.717) is 32.1 Å². The van der Waals surface area contributed by atoms with Crippen LogP contribution in [0, 0.1) is 11.8 Å². The van der Waals surface area contributed by atoms with Gasteiger partial charge in [-0.3, -0.25) is 43.3 Å². The molecule has 2 aliphatic heterocycles. The summed E-state index contributed by atoms with van der Waals surface area (Å²) < 4.78 is 35.2. The number of alkyl halides is 1. The number of ether oxygens (including phenoxy) is 1. The lowest BCUT2D eigenvalue weighted by Gasteiger charge is -2.35. The van der Waals surface area contributed by atoms with Crippen molar-refractivity contribution in [3.63, 3.8) is 0 Å². The van der Waals surface area contributed by atoms with Crippen molar-refractivity contribution >= 4 is 70.4 Å². The van der Waals surface area contributed by atoms with E-state index in [2.05, 4.69) is 26.3 Å². The number of nitrogens with two attached hydrogens (primary N) is 3. The number of aromatic carboxylic acids is 1. The Labute approximate surface area is 428 Å². The molecule has 9 atom stereocenters. The zero-order valence-corrected chi connectivity index (χ0v) is 41.0. The highest BCUT2D eigenvalue weighted by molar-refractivity contribution is 6.09. The number of nitrogens with one attached hydrogen (secondary N) is 4. The van der Waals surface area contributed by atoms with Crippen LogP contribution < -0.4 is 38.5 Å². The van der Waals surface area contributed by atoms with Crippen LogP contribution in [-0.2, 0) is 43.1 Å². The number of carbonyl (C=O) groups excluding carboxylic acids is 8. The number of aliphatic hydroxyl groups excluding tert-OH is 1. The van der Waals surface area contributed by atoms with Crippen molar-refractivity contribution < 1.29 is 76.8 Å². The van der Waals surface area contributed by atoms with E-state index in [0.717, 1.165) is 24.3 Å². The predicted octanol–water partition coefficient (Wildman–Crippen LogP) is -0.0969. The Hall–Kier alpha value is -7.67. The number of guanidine groups is 1. The van der Waals surface area contributed by atoms with Crippen molar-refractivity contribution in [3.8, 4) is 0 Å². The number of aliphatic carboxylic acids is 1. The molecule has 0 aromatic heterocycles. The number of hydrogen-bond acceptors (Lipinski definition) is 14. The van der Waals surface area contributed by atoms with Gasteiger partial charge in [-0.05, 0) is 101 Å². The Morgan fingerprint density at radius 1 is 0.920 bits per heavy atom. The lowest BCUT2D eigenvalue weighted by molar-refractivity contribution is -0.146. The lowest BCUT2D eigenvalue weighted by Crippen LogP contribution is -2.57. The van der Waals surface area contributed by atoms with Gasteiger partial charge in [0.1, 0.15) is 30.0 Å². The fourth-order valence-corrected chi connectivity index (χ4v) is 9.96. The Morgan fingerprint density at radius 2 is 1.64 bits per heavy atom. The number of carboxylic acids is 2. The van der Waals surface area contributed by atoms with Crippen LogP contribution >= 0.6 is 0 Å². The largest absolute Gasteiger partial charge is 0.484 e. The Morgan fingerprint density at radius 3 is 2.32 bits per heavy atom. The third-order valence-electron chi connectivity index (χ3n) is 13.7. The van der Waals surface area contributed by atoms with Gasteiger partial charge >= 0.3 is 11.9 Å². The number of aliphatic hydroxyl groups is 1. The van der Waals surface area contributed by atoms with Gasteiger partial charge in [-0.2, -0.15) is 0 Å². The molecular formula is C50H61F2N9O14. The summed E-state index contributed by atoms with van der Waals surface area (Å²) in [6.45, 7) is 0.971. The summed E-state index contributed by atoms with van der Waals surface area (Å²) in [5, 5.41) is 40.6. The highest BCUT2D eigenvalue weighted by atomic mass is 19.1. The number of nitrogens with zero attached hydrogens (tertiary/aromatic N) is 2. The molecule has 2 fully saturated rings. The number of benzene rings is 1. The van der Waals surface area contributed by atoms with Gasteiger partial charge in [0.2, 0.25) is 29.4 Å². The highest BCUT2D eigenvalue weighted by Gasteiger charge is 2.46. The first-order chi connectivity index (χ1) is 35.6. The number of carboxylic acid groups (broad SMARTS) is 2. The van der Waals surface area contributed by atoms with E-state index in [1.165, 1.54) is 24.0 Å². The molecule has 1 saturated carbocycles. The van der Waals surface area contributed by atoms with E-state index in [-0.39, 0.29) is 91.3 Å². The summed E-state index contributed by atoms with van der Waals surface area (Å²) in [7, 11) is 0. The number of carbonyl (C=O) groups is 10. The summed E-state index contributed by atoms with van der Waals surface area (Å²) in [6, 6.07) is -1.87. The molecule has 404 valence electrons. The summed E-state index contributed by atoms with van der Waals surface area (Å²) >= 11 is 0. The molecule has 1 saturated heterocycles. The van der Waals surface area contributed by atoms with Crippen LogP contribution in [0.3, 0.4) is 0 Å². The number of Topliss-reactive ketones (excluding diaryl/α,β-unsaturated/α-hetero) is 2. The molecule has 3 aliphatic carbocycles. The second-order valence-corrected chi connectivity index (χ2v) is 18.9. The number of aliphatic imine (C=N–C) groups is 1. The van der Waals surface area contributed by atoms with E-state index >= 15 is 0 Å². The van der Waals surface area contributed by atoms with Crippen LogP contribution in [-0.4, -0.2) is 154 Å². The van der Waals surface area contributed by atoms with Gasteiger partial charge in [0.25, 0.3) is 5.91 Å². The van der Waals surface area contributed by atoms with Gasteiger partial charge in [-0.15, -0.1) is 0 Å². The molecule has 23 nitrogen and oxygen atoms in total. The first-order valence-corrected chi connectivity index (χ1v) is 24.6. The number of unbranched alkanes of at least 4 members (excludes halogenated alkanes) is 1. The maximum absolute atomic E-state index is 14.8. The smallest absolute Gasteiger partial charge is 0.336 e. The fourth-order valence-electron chi connectivity index (χ4n) is 9.96. The van der Waals surface area contributed by atoms with Crippen molar-refractivity contribution in [2.75, 3.05) is 26.2 Å². The van der Waals surface area contributed by atoms with Crippen LogP contribution in [0.1, 0.15) is 104 Å². The van der Waals surface area contributed by atoms with Crippen LogP contribution in [0.15, 0.2) is 64.2 Å². The second-order valence-electron chi connectivity index (χ2n) is 18.9. The number of ketones is 3. The Kier molecular flexibility index (Phi) is 18.9. The minimum Gasteiger partial charge on any atom is -0.484 e. The maximum Gasteiger partial charge on any atom is 0.336 e. The average molecular weight is 1050 g/mol. The predicted molar refractivity (Wildman–Crippen MR) is 261 cm³/mol. The Bertz CT molecular complexity index is 2660. The zero-order chi connectivity index (χ0) is 54.8. The van der Waals surface area contributed by atoms with Gasteiger partial charge in [0.15, 0.2) is 29.5 Å². The van der Waals surface area contributed by atoms with Crippen LogP contribution in [0.25, 0.3) is 5.57 Å². The summed E-state index contributed by atoms with van der Waals surface area (Å²) in [5.74, 6) is -12.6. The van der Waals surface area contributed by atoms with Gasteiger partial charge in [0, 0.05) is 53.3 Å². The number of rotatable bonds is 23. The van der Waals surface area contributed by atoms with Gasteiger partial charge < -0.3 is 63.4 Å². The maximum atomic E-state index is 14.8. The first-order valence-electron chi connectivity index (χ1n) is 24.6. The second kappa shape index (κ2) is 25.0. The topological polar surface area (TPSA) is 382 Å². The SMILES string of the molecule is CC(O)[C@H](NC(=O)CNC(=O)c1ccc(C2=C3C=C(F)C(=O)C=C3OC3CC(=O)C(F)C=C23)c(C(=O)O)c1)C(=O)N[C@@H](CCCCN)C(=O)C1CCC[C@H]1C(=O)N1CCC[C@H]1C(=O)N[C@@H](CCCN=C(N)N)C(=O)O. The molecule has 1 aromatic carbocycles. The van der Waals surface area contributed by atoms with Gasteiger partial charge in [-0.1, -0.05) is 12.5 Å². The highest BCUT2D eigenvalue weighted by Crippen LogP contribution is 2.46. The summed E-state index contributed by atoms with van der Waals surface area (Å²) in [5.41, 5.74) is 15.3. The zero-order valence-electron chi connectivity index (χ0n) is 41.0. The van der Waals surface area contributed by atoms with Crippen molar-refractivity contribution in [2.45, 2.75) is 120 Å². The standard InChI is InChI=1S/C50H61F2N9O14/c1-23(62)42(60-40(65)22-57-44(67)24-12-13-25(28(17-24)48(71)72)41-29-18-31(51)36(63)20-38(29)75-39-21-37(64)32(52)19-30(39)41)46(69)58-33(9-2-3-14-53)43(66)26-7-4-8-27(26)47(70)61-16-6-11-35(61)45(68)59-34(49(73)74)10-5-15-56-50(54)55/h12-13,17-20,23,26-27,32-35,39,42,62H,2-11,14-16,21-22,53H2,1H3,(H,57,67)(H,58,69)(H,59,68)(H,60,65)(H,71,72)(H,73,74)(H4,54,55,56)/t23?,26?,27-,32?,33+,34+,35+,39?,42+/m1/s1. The van der Waals surface area contributed by atoms with Crippen molar-refractivity contribution in [1.29, 1.82) is 0 Å². The third-order valence-corrected chi connectivity index (χ3v) is 13.7. The quantitative estimate of drug-likeness (QED) is 0.0389. The lowest BCUT2D eigenvalue weighted by atomic mass is 9.78. The van der Waals surface area contributed by atoms with Gasteiger partial charge in [0.05, 0.1) is 30.7 Å². The van der Waals surface area contributed by atoms with Crippen molar-refractivity contribution in [2.24, 2.45) is 34.0 Å². The molecule has 0 spiro atoms. The normalized spacial score (nSPS) is 22.6. The summed E-state index contributed by atoms with van der Waals surface area (Å²) in [6.07, 6.45) is 0.178. The van der Waals surface area contributed by atoms with Crippen LogP contribution in [0.5, 0.6) is 0 Å². The molecular weight excluding hydrogens is 989 g/mol. The van der Waals surface area contributed by atoms with Crippen molar-refractivity contribution in [3.05, 3.63) is 75.8 Å². The number of hydrogen-bond donors (Lipinski definition) is 10. The molecule has 75 heavy (non-hydrogen) atoms. The van der Waals surface area contributed by atoms with E-state index in [1.54, 1.807) is 0 Å². The monoisotopic (exact) mass is 1050 g/mol. The fraction of sp³-hybridized carbons (Fsp3) is 0.500. The molecule has 1 aromatic rings. The molecule has 4 unspecified atom stereocenters. The number of allylic oxidation sites excluding steroid dienone is 4. The number of amides is 5. The molecule has 13 N–H and O–H groups in total. The van der Waals surface area contributed by atoms with Crippen molar-refractivity contribution in [1.82, 2.24) is 26.2 Å². The molecule has 25 heteroatoms. The number of fused-ring (bicyclic) bond motifs is 2. The molecule has 5 amide bonds. The van der Waals surface area contributed by atoms with E-state index in [9.17, 15) is 72.0 Å². The van der Waals surface area contributed by atoms with Gasteiger partial charge in [-0.25, -0.2) is 18.4 Å². The molecule has 0 bridgehead atoms. The van der Waals surface area contributed by atoms with E-state index in [4.69, 9.17) is 21.9 Å². The Balaban J connectivity index is 1.12. The molecule has 2 heterocycles.